The molecule has 0 saturated heterocycles. The van der Waals surface area contributed by atoms with E-state index in [0.29, 0.717) is 17.4 Å². The van der Waals surface area contributed by atoms with Crippen LogP contribution in [0.25, 0.3) is 0 Å². The molecule has 1 amide bonds. The van der Waals surface area contributed by atoms with Crippen molar-refractivity contribution in [2.75, 3.05) is 40.9 Å². The smallest absolute Gasteiger partial charge is 0.456 e. The summed E-state index contributed by atoms with van der Waals surface area (Å²) in [6, 6.07) is -0.862. The lowest BCUT2D eigenvalue weighted by Gasteiger charge is -2.27. The van der Waals surface area contributed by atoms with Crippen LogP contribution >= 0.6 is 7.82 Å². The lowest BCUT2D eigenvalue weighted by atomic mass is 10.0. The van der Waals surface area contributed by atoms with Gasteiger partial charge in [0.2, 0.25) is 5.91 Å². The number of hydrogen-bond donors (Lipinski definition) is 2. The predicted octanol–water partition coefficient (Wildman–Crippen LogP) is 18.4. The summed E-state index contributed by atoms with van der Waals surface area (Å²) in [6.07, 6.45) is 71.2. The van der Waals surface area contributed by atoms with Crippen LogP contribution in [-0.4, -0.2) is 74.3 Å². The van der Waals surface area contributed by atoms with Crippen molar-refractivity contribution >= 4 is 19.7 Å². The van der Waals surface area contributed by atoms with E-state index in [1.165, 1.54) is 64.2 Å². The molecule has 0 saturated carbocycles. The highest BCUT2D eigenvalue weighted by molar-refractivity contribution is 7.47. The van der Waals surface area contributed by atoms with Crippen molar-refractivity contribution in [1.82, 2.24) is 5.32 Å². The lowest BCUT2D eigenvalue weighted by molar-refractivity contribution is -0.870. The molecule has 0 spiro atoms. The lowest BCUT2D eigenvalue weighted by Crippen LogP contribution is -2.47. The maximum Gasteiger partial charge on any atom is 0.472 e. The topological polar surface area (TPSA) is 111 Å². The summed E-state index contributed by atoms with van der Waals surface area (Å²) >= 11 is 0. The Morgan fingerprint density at radius 2 is 0.878 bits per heavy atom. The predicted molar refractivity (Wildman–Crippen MR) is 318 cm³/mol. The first-order valence-corrected chi connectivity index (χ1v) is 31.6. The third kappa shape index (κ3) is 53.7. The van der Waals surface area contributed by atoms with Gasteiger partial charge in [-0.25, -0.2) is 4.57 Å². The van der Waals surface area contributed by atoms with Crippen LogP contribution < -0.4 is 5.32 Å². The number of likely N-dealkylation sites (N-methyl/N-ethyl adjacent to an activating group) is 1. The second kappa shape index (κ2) is 53.3. The van der Waals surface area contributed by atoms with Crippen molar-refractivity contribution in [3.05, 3.63) is 97.2 Å². The van der Waals surface area contributed by atoms with Crippen LogP contribution in [0.5, 0.6) is 0 Å². The van der Waals surface area contributed by atoms with Crippen LogP contribution in [0.4, 0.5) is 0 Å². The zero-order valence-corrected chi connectivity index (χ0v) is 49.4. The number of nitrogens with one attached hydrogen (secondary N) is 1. The van der Waals surface area contributed by atoms with E-state index in [2.05, 4.69) is 111 Å². The molecule has 426 valence electrons. The van der Waals surface area contributed by atoms with Gasteiger partial charge in [-0.1, -0.05) is 227 Å². The molecule has 0 fully saturated rings. The number of phosphoric ester groups is 1. The minimum absolute atomic E-state index is 0.0318. The molecular weight excluding hydrogens is 940 g/mol. The Balaban J connectivity index is 5.20. The van der Waals surface area contributed by atoms with Crippen LogP contribution in [0.3, 0.4) is 0 Å². The summed E-state index contributed by atoms with van der Waals surface area (Å²) in [5.74, 6) is -0.539. The largest absolute Gasteiger partial charge is 0.472 e. The maximum atomic E-state index is 13.5. The number of ether oxygens (including phenoxy) is 1. The average Bonchev–Trinajstić information content (AvgIpc) is 3.36. The maximum absolute atomic E-state index is 13.5. The number of esters is 1. The molecule has 0 aliphatic heterocycles. The summed E-state index contributed by atoms with van der Waals surface area (Å²) in [5.41, 5.74) is 0. The number of phosphoric acid groups is 1. The normalized spacial score (nSPS) is 14.4. The summed E-state index contributed by atoms with van der Waals surface area (Å²) < 4.78 is 30.6. The first-order valence-electron chi connectivity index (χ1n) is 30.1. The molecule has 10 heteroatoms. The summed E-state index contributed by atoms with van der Waals surface area (Å²) in [5, 5.41) is 3.03. The third-order valence-corrected chi connectivity index (χ3v) is 13.7. The quantitative estimate of drug-likeness (QED) is 0.0205. The molecule has 0 aromatic carbocycles. The van der Waals surface area contributed by atoms with E-state index in [1.54, 1.807) is 0 Å². The number of rotatable bonds is 53. The highest BCUT2D eigenvalue weighted by atomic mass is 31.2. The zero-order chi connectivity index (χ0) is 54.3. The Morgan fingerprint density at radius 3 is 1.35 bits per heavy atom. The molecule has 0 aromatic heterocycles. The molecule has 9 nitrogen and oxygen atoms in total. The van der Waals surface area contributed by atoms with Gasteiger partial charge in [-0.3, -0.25) is 18.6 Å². The standard InChI is InChI=1S/C64H113N2O7P/c1-7-10-13-16-19-22-25-27-28-29-30-31-32-33-34-35-36-37-38-39-42-45-48-51-54-57-64(68)73-62(55-52-49-46-43-41-26-23-20-17-14-11-8-2)61(60-72-74(69,70)71-59-58-66(4,5)6)65-63(67)56-53-50-47-44-40-24-21-18-15-12-9-3/h10,13,18-19,21-22,27-28,30-31,33-34,36-37,52,55,61-62H,7-9,11-12,14-17,20,23-26,29,32,35,38-51,53-54,56-60H2,1-6H3,(H-,65,67,69,70)/p+1/b13-10-,21-18-,22-19-,28-27-,31-30-,34-33-,37-36-,55-52-. The monoisotopic (exact) mass is 1050 g/mol. The average molecular weight is 1050 g/mol. The zero-order valence-electron chi connectivity index (χ0n) is 48.6. The Kier molecular flexibility index (Phi) is 51.1. The van der Waals surface area contributed by atoms with Crippen LogP contribution in [0.1, 0.15) is 245 Å². The minimum Gasteiger partial charge on any atom is -0.456 e. The SMILES string of the molecule is CC/C=C\C/C=C\C/C=C\C/C=C\C/C=C\C/C=C\CCCCCCCCC(=O)OC(/C=C\CCCCCCCCCCCC)C(COP(=O)(O)OCC[N+](C)(C)C)NC(=O)CCCCCCC/C=C\CCCC. The molecule has 0 rings (SSSR count). The number of quaternary nitrogens is 1. The third-order valence-electron chi connectivity index (χ3n) is 12.8. The number of allylic oxidation sites excluding steroid dienone is 15. The van der Waals surface area contributed by atoms with Gasteiger partial charge in [-0.05, 0) is 102 Å². The van der Waals surface area contributed by atoms with Gasteiger partial charge in [0, 0.05) is 12.8 Å². The van der Waals surface area contributed by atoms with Crippen molar-refractivity contribution in [2.45, 2.75) is 258 Å². The second-order valence-electron chi connectivity index (χ2n) is 21.1. The fourth-order valence-electron chi connectivity index (χ4n) is 8.10. The number of carbonyl (C=O) groups is 2. The van der Waals surface area contributed by atoms with Crippen LogP contribution in [0, 0.1) is 0 Å². The van der Waals surface area contributed by atoms with E-state index >= 15 is 0 Å². The Labute approximate surface area is 456 Å². The number of carbonyl (C=O) groups excluding carboxylic acids is 2. The van der Waals surface area contributed by atoms with E-state index < -0.39 is 20.0 Å². The van der Waals surface area contributed by atoms with E-state index in [1.807, 2.05) is 33.3 Å². The molecule has 0 aliphatic carbocycles. The van der Waals surface area contributed by atoms with Crippen LogP contribution in [0.2, 0.25) is 0 Å². The van der Waals surface area contributed by atoms with Gasteiger partial charge in [0.15, 0.2) is 0 Å². The van der Waals surface area contributed by atoms with Crippen molar-refractivity contribution in [2.24, 2.45) is 0 Å². The second-order valence-corrected chi connectivity index (χ2v) is 22.6. The molecule has 2 N–H and O–H groups in total. The fraction of sp³-hybridized carbons (Fsp3) is 0.719. The first kappa shape index (κ1) is 70.9. The summed E-state index contributed by atoms with van der Waals surface area (Å²) in [7, 11) is 1.47. The number of amides is 1. The van der Waals surface area contributed by atoms with Crippen LogP contribution in [-0.2, 0) is 27.9 Å². The Bertz CT molecular complexity index is 1590. The number of unbranched alkanes of at least 4 members (excludes halogenated alkanes) is 23. The first-order chi connectivity index (χ1) is 35.9. The molecule has 3 atom stereocenters. The molecule has 0 bridgehead atoms. The number of nitrogens with zero attached hydrogens (tertiary/aromatic N) is 1. The van der Waals surface area contributed by atoms with Crippen LogP contribution in [0.15, 0.2) is 97.2 Å². The molecule has 74 heavy (non-hydrogen) atoms. The van der Waals surface area contributed by atoms with Gasteiger partial charge >= 0.3 is 13.8 Å². The van der Waals surface area contributed by atoms with E-state index in [0.717, 1.165) is 148 Å². The van der Waals surface area contributed by atoms with Gasteiger partial charge in [-0.2, -0.15) is 0 Å². The summed E-state index contributed by atoms with van der Waals surface area (Å²) in [6.45, 7) is 6.83. The highest BCUT2D eigenvalue weighted by Crippen LogP contribution is 2.43. The number of hydrogen-bond acceptors (Lipinski definition) is 6. The van der Waals surface area contributed by atoms with Crippen molar-refractivity contribution < 1.29 is 37.3 Å². The fourth-order valence-corrected chi connectivity index (χ4v) is 8.84. The van der Waals surface area contributed by atoms with E-state index in [-0.39, 0.29) is 31.5 Å². The highest BCUT2D eigenvalue weighted by Gasteiger charge is 2.30. The molecular formula is C64H114N2O7P+. The summed E-state index contributed by atoms with van der Waals surface area (Å²) in [4.78, 5) is 37.6. The molecule has 0 aliphatic rings. The molecule has 3 unspecified atom stereocenters. The van der Waals surface area contributed by atoms with Crippen molar-refractivity contribution in [1.29, 1.82) is 0 Å². The van der Waals surface area contributed by atoms with Gasteiger partial charge in [0.05, 0.1) is 33.8 Å². The molecule has 0 aromatic rings. The van der Waals surface area contributed by atoms with Crippen molar-refractivity contribution in [3.63, 3.8) is 0 Å². The van der Waals surface area contributed by atoms with Gasteiger partial charge in [-0.15, -0.1) is 0 Å². The molecule has 0 radical (unpaired) electrons. The minimum atomic E-state index is -4.45. The van der Waals surface area contributed by atoms with Gasteiger partial charge in [0.25, 0.3) is 0 Å². The molecule has 0 heterocycles. The van der Waals surface area contributed by atoms with Gasteiger partial charge in [0.1, 0.15) is 19.3 Å². The Hall–Kier alpha value is -3.07. The van der Waals surface area contributed by atoms with Gasteiger partial charge < -0.3 is 19.4 Å². The van der Waals surface area contributed by atoms with E-state index in [9.17, 15) is 19.0 Å². The van der Waals surface area contributed by atoms with Crippen molar-refractivity contribution in [3.8, 4) is 0 Å². The van der Waals surface area contributed by atoms with E-state index in [4.69, 9.17) is 13.8 Å². The Morgan fingerprint density at radius 1 is 0.486 bits per heavy atom.